The molecular weight excluding hydrogens is 432 g/mol. The van der Waals surface area contributed by atoms with E-state index in [1.165, 1.54) is 13.5 Å². The van der Waals surface area contributed by atoms with Crippen LogP contribution in [0, 0.1) is 0 Å². The Kier molecular flexibility index (Phi) is 7.99. The first-order valence-corrected chi connectivity index (χ1v) is 11.4. The minimum atomic E-state index is -0.391. The molecule has 0 unspecified atom stereocenters. The van der Waals surface area contributed by atoms with E-state index >= 15 is 0 Å². The maximum Gasteiger partial charge on any atom is 0.337 e. The lowest BCUT2D eigenvalue weighted by Crippen LogP contribution is -2.30. The Balaban J connectivity index is 1.47. The number of hydrazone groups is 1. The van der Waals surface area contributed by atoms with E-state index in [-0.39, 0.29) is 0 Å². The van der Waals surface area contributed by atoms with Crippen molar-refractivity contribution < 1.29 is 14.3 Å². The van der Waals surface area contributed by atoms with Crippen LogP contribution < -0.4 is 15.1 Å². The molecule has 0 aliphatic carbocycles. The molecule has 0 spiro atoms. The van der Waals surface area contributed by atoms with Gasteiger partial charge in [0, 0.05) is 37.5 Å². The lowest BCUT2D eigenvalue weighted by Gasteiger charge is -2.28. The third-order valence-electron chi connectivity index (χ3n) is 5.39. The van der Waals surface area contributed by atoms with Gasteiger partial charge >= 0.3 is 12.0 Å². The number of nitrogens with zero attached hydrogens (tertiary/aromatic N) is 5. The van der Waals surface area contributed by atoms with Gasteiger partial charge in [-0.25, -0.2) is 4.79 Å². The van der Waals surface area contributed by atoms with Crippen LogP contribution in [0.25, 0.3) is 0 Å². The number of esters is 1. The molecule has 1 fully saturated rings. The molecule has 9 heteroatoms. The number of piperidine rings is 1. The molecule has 1 aliphatic heterocycles. The number of carbonyl (C=O) groups excluding carboxylic acids is 1. The summed E-state index contributed by atoms with van der Waals surface area (Å²) in [5.74, 6) is 0.953. The molecule has 1 aromatic carbocycles. The van der Waals surface area contributed by atoms with Gasteiger partial charge in [-0.2, -0.15) is 15.1 Å². The summed E-state index contributed by atoms with van der Waals surface area (Å²) < 4.78 is 10.6. The molecule has 1 aliphatic rings. The summed E-state index contributed by atoms with van der Waals surface area (Å²) in [5.41, 5.74) is 5.14. The SMILES string of the molecule is COC(=O)c1cccc(/C=N/Nc2cc(N3CCCCC3)nc(OCCc3ccccn3)n2)c1. The van der Waals surface area contributed by atoms with Gasteiger partial charge in [-0.15, -0.1) is 0 Å². The Morgan fingerprint density at radius 3 is 2.79 bits per heavy atom. The van der Waals surface area contributed by atoms with Crippen LogP contribution in [0.5, 0.6) is 6.01 Å². The van der Waals surface area contributed by atoms with E-state index in [0.29, 0.717) is 30.4 Å². The number of anilines is 2. The highest BCUT2D eigenvalue weighted by Crippen LogP contribution is 2.23. The van der Waals surface area contributed by atoms with Crippen LogP contribution in [0.3, 0.4) is 0 Å². The summed E-state index contributed by atoms with van der Waals surface area (Å²) in [5, 5.41) is 4.29. The molecule has 0 amide bonds. The normalized spacial score (nSPS) is 13.6. The first-order chi connectivity index (χ1) is 16.7. The largest absolute Gasteiger partial charge is 0.465 e. The van der Waals surface area contributed by atoms with Crippen molar-refractivity contribution in [2.24, 2.45) is 5.10 Å². The first kappa shape index (κ1) is 23.2. The topological polar surface area (TPSA) is 102 Å². The van der Waals surface area contributed by atoms with Crippen LogP contribution in [0.4, 0.5) is 11.6 Å². The number of hydrogen-bond acceptors (Lipinski definition) is 9. The number of nitrogens with one attached hydrogen (secondary N) is 1. The smallest absolute Gasteiger partial charge is 0.337 e. The Morgan fingerprint density at radius 1 is 1.12 bits per heavy atom. The third kappa shape index (κ3) is 6.50. The molecule has 9 nitrogen and oxygen atoms in total. The van der Waals surface area contributed by atoms with E-state index < -0.39 is 5.97 Å². The maximum absolute atomic E-state index is 11.7. The van der Waals surface area contributed by atoms with Crippen LogP contribution in [0.15, 0.2) is 59.8 Å². The van der Waals surface area contributed by atoms with E-state index in [4.69, 9.17) is 9.47 Å². The number of rotatable bonds is 9. The van der Waals surface area contributed by atoms with Crippen LogP contribution in [-0.2, 0) is 11.2 Å². The highest BCUT2D eigenvalue weighted by molar-refractivity contribution is 5.92. The number of carbonyl (C=O) groups is 1. The standard InChI is InChI=1S/C25H28N6O3/c1-33-24(32)20-9-7-8-19(16-20)18-27-30-22-17-23(31-13-5-2-6-14-31)29-25(28-22)34-15-11-21-10-3-4-12-26-21/h3-4,7-10,12,16-18H,2,5-6,11,13-15H2,1H3,(H,28,29,30)/b27-18+. The van der Waals surface area contributed by atoms with Crippen molar-refractivity contribution in [2.75, 3.05) is 37.1 Å². The summed E-state index contributed by atoms with van der Waals surface area (Å²) in [6.45, 7) is 2.32. The van der Waals surface area contributed by atoms with E-state index in [1.807, 2.05) is 30.3 Å². The minimum Gasteiger partial charge on any atom is -0.465 e. The van der Waals surface area contributed by atoms with Gasteiger partial charge < -0.3 is 14.4 Å². The van der Waals surface area contributed by atoms with Crippen molar-refractivity contribution in [3.63, 3.8) is 0 Å². The van der Waals surface area contributed by atoms with Crippen molar-refractivity contribution in [3.8, 4) is 6.01 Å². The molecule has 1 saturated heterocycles. The Labute approximate surface area is 198 Å². The van der Waals surface area contributed by atoms with Gasteiger partial charge in [-0.1, -0.05) is 18.2 Å². The average molecular weight is 461 g/mol. The molecule has 1 N–H and O–H groups in total. The lowest BCUT2D eigenvalue weighted by atomic mass is 10.1. The molecule has 0 radical (unpaired) electrons. The van der Waals surface area contributed by atoms with Gasteiger partial charge in [0.15, 0.2) is 5.82 Å². The molecular formula is C25H28N6O3. The zero-order valence-corrected chi connectivity index (χ0v) is 19.2. The second kappa shape index (κ2) is 11.7. The van der Waals surface area contributed by atoms with E-state index in [0.717, 1.165) is 43.0 Å². The van der Waals surface area contributed by atoms with Crippen molar-refractivity contribution in [3.05, 3.63) is 71.5 Å². The highest BCUT2D eigenvalue weighted by atomic mass is 16.5. The Hall–Kier alpha value is -4.01. The van der Waals surface area contributed by atoms with Gasteiger partial charge in [-0.05, 0) is 49.1 Å². The van der Waals surface area contributed by atoms with E-state index in [9.17, 15) is 4.79 Å². The fourth-order valence-electron chi connectivity index (χ4n) is 3.65. The summed E-state index contributed by atoms with van der Waals surface area (Å²) in [6.07, 6.45) is 7.56. The average Bonchev–Trinajstić information content (AvgIpc) is 2.89. The van der Waals surface area contributed by atoms with Crippen molar-refractivity contribution >= 4 is 23.8 Å². The Bertz CT molecular complexity index is 1120. The summed E-state index contributed by atoms with van der Waals surface area (Å²) in [6, 6.07) is 15.0. The minimum absolute atomic E-state index is 0.296. The first-order valence-electron chi connectivity index (χ1n) is 11.4. The molecule has 0 atom stereocenters. The van der Waals surface area contributed by atoms with E-state index in [2.05, 4.69) is 30.4 Å². The zero-order valence-electron chi connectivity index (χ0n) is 19.2. The number of pyridine rings is 1. The van der Waals surface area contributed by atoms with Crippen molar-refractivity contribution in [1.29, 1.82) is 0 Å². The molecule has 176 valence electrons. The fraction of sp³-hybridized carbons (Fsp3) is 0.320. The van der Waals surface area contributed by atoms with Gasteiger partial charge in [-0.3, -0.25) is 10.4 Å². The molecule has 3 heterocycles. The van der Waals surface area contributed by atoms with Gasteiger partial charge in [0.2, 0.25) is 0 Å². The second-order valence-electron chi connectivity index (χ2n) is 7.85. The van der Waals surface area contributed by atoms with Gasteiger partial charge in [0.05, 0.1) is 25.5 Å². The quantitative estimate of drug-likeness (QED) is 0.293. The molecule has 34 heavy (non-hydrogen) atoms. The molecule has 0 bridgehead atoms. The highest BCUT2D eigenvalue weighted by Gasteiger charge is 2.15. The van der Waals surface area contributed by atoms with Gasteiger partial charge in [0.25, 0.3) is 0 Å². The number of ether oxygens (including phenoxy) is 2. The summed E-state index contributed by atoms with van der Waals surface area (Å²) >= 11 is 0. The maximum atomic E-state index is 11.7. The molecule has 3 aromatic rings. The zero-order chi connectivity index (χ0) is 23.6. The number of methoxy groups -OCH3 is 1. The lowest BCUT2D eigenvalue weighted by molar-refractivity contribution is 0.0600. The Morgan fingerprint density at radius 2 is 2.00 bits per heavy atom. The second-order valence-corrected chi connectivity index (χ2v) is 7.85. The third-order valence-corrected chi connectivity index (χ3v) is 5.39. The number of benzene rings is 1. The van der Waals surface area contributed by atoms with Crippen molar-refractivity contribution in [1.82, 2.24) is 15.0 Å². The van der Waals surface area contributed by atoms with Crippen LogP contribution in [0.2, 0.25) is 0 Å². The van der Waals surface area contributed by atoms with E-state index in [1.54, 1.807) is 30.6 Å². The molecule has 4 rings (SSSR count). The predicted octanol–water partition coefficient (Wildman–Crippen LogP) is 3.72. The summed E-state index contributed by atoms with van der Waals surface area (Å²) in [4.78, 5) is 27.4. The molecule has 0 saturated carbocycles. The summed E-state index contributed by atoms with van der Waals surface area (Å²) in [7, 11) is 1.36. The fourth-order valence-corrected chi connectivity index (χ4v) is 3.65. The van der Waals surface area contributed by atoms with Crippen LogP contribution >= 0.6 is 0 Å². The predicted molar refractivity (Wildman–Crippen MR) is 131 cm³/mol. The molecule has 2 aromatic heterocycles. The van der Waals surface area contributed by atoms with Crippen molar-refractivity contribution in [2.45, 2.75) is 25.7 Å². The van der Waals surface area contributed by atoms with Crippen LogP contribution in [0.1, 0.15) is 40.9 Å². The number of hydrogen-bond donors (Lipinski definition) is 1. The monoisotopic (exact) mass is 460 g/mol. The number of aromatic nitrogens is 3. The van der Waals surface area contributed by atoms with Gasteiger partial charge in [0.1, 0.15) is 5.82 Å². The van der Waals surface area contributed by atoms with Crippen LogP contribution in [-0.4, -0.2) is 53.9 Å².